The Morgan fingerprint density at radius 2 is 1.93 bits per heavy atom. The van der Waals surface area contributed by atoms with E-state index in [-0.39, 0.29) is 27.8 Å². The van der Waals surface area contributed by atoms with Crippen molar-refractivity contribution in [2.75, 3.05) is 33.4 Å². The van der Waals surface area contributed by atoms with Crippen molar-refractivity contribution < 1.29 is 17.9 Å². The lowest BCUT2D eigenvalue weighted by atomic mass is 9.96. The molecule has 2 fully saturated rings. The second kappa shape index (κ2) is 9.30. The smallest absolute Gasteiger partial charge is 0.243 e. The molecule has 0 saturated carbocycles. The van der Waals surface area contributed by atoms with Gasteiger partial charge in [-0.25, -0.2) is 8.42 Å². The third-order valence-electron chi connectivity index (χ3n) is 6.28. The number of halogens is 2. The molecule has 1 aromatic rings. The number of sulfonamides is 1. The molecule has 2 unspecified atom stereocenters. The predicted molar refractivity (Wildman–Crippen MR) is 117 cm³/mol. The Morgan fingerprint density at radius 3 is 2.50 bits per heavy atom. The van der Waals surface area contributed by atoms with Gasteiger partial charge in [0.1, 0.15) is 0 Å². The Bertz CT molecular complexity index is 888. The van der Waals surface area contributed by atoms with Gasteiger partial charge in [0.25, 0.3) is 0 Å². The van der Waals surface area contributed by atoms with Crippen LogP contribution < -0.4 is 5.32 Å². The topological polar surface area (TPSA) is 79.0 Å². The van der Waals surface area contributed by atoms with Gasteiger partial charge >= 0.3 is 0 Å². The van der Waals surface area contributed by atoms with E-state index in [1.54, 1.807) is 7.11 Å². The van der Waals surface area contributed by atoms with Crippen LogP contribution in [0, 0.1) is 5.92 Å². The average molecular weight is 478 g/mol. The summed E-state index contributed by atoms with van der Waals surface area (Å²) in [6, 6.07) is 4.08. The molecule has 0 radical (unpaired) electrons. The normalized spacial score (nSPS) is 23.3. The number of piperidine rings is 1. The van der Waals surface area contributed by atoms with E-state index in [0.717, 1.165) is 6.42 Å². The third-order valence-corrected chi connectivity index (χ3v) is 8.92. The maximum absolute atomic E-state index is 13.1. The van der Waals surface area contributed by atoms with Crippen LogP contribution in [0.3, 0.4) is 0 Å². The lowest BCUT2D eigenvalue weighted by Crippen LogP contribution is -2.60. The molecule has 0 bridgehead atoms. The van der Waals surface area contributed by atoms with Crippen LogP contribution in [0.15, 0.2) is 23.1 Å². The van der Waals surface area contributed by atoms with E-state index in [2.05, 4.69) is 19.2 Å². The maximum Gasteiger partial charge on any atom is 0.243 e. The number of hydrogen-bond donors (Lipinski definition) is 1. The number of carbonyl (C=O) groups excluding carboxylic acids is 1. The largest absolute Gasteiger partial charge is 0.383 e. The summed E-state index contributed by atoms with van der Waals surface area (Å²) >= 11 is 11.9. The Hall–Kier alpha value is -0.900. The van der Waals surface area contributed by atoms with E-state index in [4.69, 9.17) is 27.9 Å². The number of ether oxygens (including phenoxy) is 1. The minimum absolute atomic E-state index is 0.0715. The summed E-state index contributed by atoms with van der Waals surface area (Å²) in [5.41, 5.74) is -0.548. The molecule has 2 aliphatic heterocycles. The monoisotopic (exact) mass is 477 g/mol. The van der Waals surface area contributed by atoms with Crippen LogP contribution in [0.4, 0.5) is 0 Å². The second-order valence-corrected chi connectivity index (χ2v) is 10.8. The molecule has 1 aromatic carbocycles. The molecule has 0 aliphatic carbocycles. The fourth-order valence-electron chi connectivity index (χ4n) is 4.23. The highest BCUT2D eigenvalue weighted by Crippen LogP contribution is 2.36. The summed E-state index contributed by atoms with van der Waals surface area (Å²) in [5.74, 6) is 0.266. The van der Waals surface area contributed by atoms with Gasteiger partial charge < -0.3 is 9.64 Å². The highest BCUT2D eigenvalue weighted by Gasteiger charge is 2.53. The van der Waals surface area contributed by atoms with Gasteiger partial charge in [-0.05, 0) is 37.0 Å². The number of rotatable bonds is 7. The van der Waals surface area contributed by atoms with E-state index < -0.39 is 15.7 Å². The van der Waals surface area contributed by atoms with Crippen molar-refractivity contribution >= 4 is 39.1 Å². The van der Waals surface area contributed by atoms with Crippen molar-refractivity contribution in [2.45, 2.75) is 49.7 Å². The number of nitrogens with one attached hydrogen (secondary N) is 1. The lowest BCUT2D eigenvalue weighted by molar-refractivity contribution is -0.134. The standard InChI is InChI=1S/C20H29Cl2N3O4S/c1-4-14(2)18-19(26)25(11-12-29-3)20(23-18)7-9-24(10-8-20)30(27,28)15-5-6-16(21)17(22)13-15/h5-6,13-14,18,23H,4,7-12H2,1-3H3. The van der Waals surface area contributed by atoms with Gasteiger partial charge in [0, 0.05) is 26.7 Å². The van der Waals surface area contributed by atoms with Crippen LogP contribution in [0.2, 0.25) is 10.0 Å². The zero-order valence-electron chi connectivity index (χ0n) is 17.5. The summed E-state index contributed by atoms with van der Waals surface area (Å²) in [4.78, 5) is 15.1. The molecular weight excluding hydrogens is 449 g/mol. The highest BCUT2D eigenvalue weighted by atomic mass is 35.5. The number of hydrogen-bond acceptors (Lipinski definition) is 5. The van der Waals surface area contributed by atoms with Crippen LogP contribution in [0.1, 0.15) is 33.1 Å². The van der Waals surface area contributed by atoms with E-state index >= 15 is 0 Å². The quantitative estimate of drug-likeness (QED) is 0.652. The summed E-state index contributed by atoms with van der Waals surface area (Å²) in [5, 5.41) is 4.07. The molecule has 1 N–H and O–H groups in total. The fourth-order valence-corrected chi connectivity index (χ4v) is 6.06. The molecule has 2 atom stereocenters. The van der Waals surface area contributed by atoms with Gasteiger partial charge in [0.2, 0.25) is 15.9 Å². The Labute approximate surface area is 188 Å². The number of benzene rings is 1. The lowest BCUT2D eigenvalue weighted by Gasteiger charge is -2.44. The maximum atomic E-state index is 13.1. The van der Waals surface area contributed by atoms with Gasteiger partial charge in [0.15, 0.2) is 0 Å². The van der Waals surface area contributed by atoms with Gasteiger partial charge in [-0.2, -0.15) is 4.31 Å². The molecule has 0 aromatic heterocycles. The minimum Gasteiger partial charge on any atom is -0.383 e. The Balaban J connectivity index is 1.80. The van der Waals surface area contributed by atoms with Crippen LogP contribution in [0.25, 0.3) is 0 Å². The van der Waals surface area contributed by atoms with Gasteiger partial charge in [0.05, 0.1) is 33.3 Å². The number of amides is 1. The van der Waals surface area contributed by atoms with Gasteiger partial charge in [-0.15, -0.1) is 0 Å². The fraction of sp³-hybridized carbons (Fsp3) is 0.650. The Morgan fingerprint density at radius 1 is 1.27 bits per heavy atom. The van der Waals surface area contributed by atoms with Crippen LogP contribution in [-0.2, 0) is 19.6 Å². The zero-order chi connectivity index (χ0) is 22.1. The second-order valence-electron chi connectivity index (χ2n) is 8.00. The summed E-state index contributed by atoms with van der Waals surface area (Å²) < 4.78 is 32.9. The van der Waals surface area contributed by atoms with Crippen molar-refractivity contribution in [1.82, 2.24) is 14.5 Å². The van der Waals surface area contributed by atoms with E-state index in [0.29, 0.717) is 44.1 Å². The van der Waals surface area contributed by atoms with Crippen molar-refractivity contribution in [3.8, 4) is 0 Å². The number of carbonyl (C=O) groups is 1. The SMILES string of the molecule is CCC(C)C1NC2(CCN(S(=O)(=O)c3ccc(Cl)c(Cl)c3)CC2)N(CCOC)C1=O. The number of methoxy groups -OCH3 is 1. The van der Waals surface area contributed by atoms with Crippen LogP contribution >= 0.6 is 23.2 Å². The van der Waals surface area contributed by atoms with Crippen molar-refractivity contribution in [1.29, 1.82) is 0 Å². The van der Waals surface area contributed by atoms with Crippen LogP contribution in [-0.4, -0.2) is 68.6 Å². The molecule has 2 aliphatic rings. The molecule has 2 saturated heterocycles. The third kappa shape index (κ3) is 4.36. The van der Waals surface area contributed by atoms with Gasteiger partial charge in [-0.3, -0.25) is 10.1 Å². The molecule has 1 spiro atoms. The predicted octanol–water partition coefficient (Wildman–Crippen LogP) is 2.97. The average Bonchev–Trinajstić information content (AvgIpc) is 2.99. The molecule has 2 heterocycles. The van der Waals surface area contributed by atoms with Gasteiger partial charge in [-0.1, -0.05) is 43.5 Å². The zero-order valence-corrected chi connectivity index (χ0v) is 19.9. The Kier molecular flexibility index (Phi) is 7.37. The van der Waals surface area contributed by atoms with E-state index in [1.807, 2.05) is 4.90 Å². The first-order valence-electron chi connectivity index (χ1n) is 10.2. The molecular formula is C20H29Cl2N3O4S. The first-order chi connectivity index (χ1) is 14.2. The minimum atomic E-state index is -3.70. The molecule has 168 valence electrons. The summed E-state index contributed by atoms with van der Waals surface area (Å²) in [6.07, 6.45) is 1.90. The van der Waals surface area contributed by atoms with Crippen molar-refractivity contribution in [3.63, 3.8) is 0 Å². The molecule has 10 heteroatoms. The van der Waals surface area contributed by atoms with E-state index in [1.165, 1.54) is 22.5 Å². The van der Waals surface area contributed by atoms with E-state index in [9.17, 15) is 13.2 Å². The summed E-state index contributed by atoms with van der Waals surface area (Å²) in [7, 11) is -2.09. The molecule has 30 heavy (non-hydrogen) atoms. The van der Waals surface area contributed by atoms with Crippen molar-refractivity contribution in [2.24, 2.45) is 5.92 Å². The van der Waals surface area contributed by atoms with Crippen molar-refractivity contribution in [3.05, 3.63) is 28.2 Å². The molecule has 3 rings (SSSR count). The van der Waals surface area contributed by atoms with Crippen LogP contribution in [0.5, 0.6) is 0 Å². The first kappa shape index (κ1) is 23.8. The first-order valence-corrected chi connectivity index (χ1v) is 12.4. The highest BCUT2D eigenvalue weighted by molar-refractivity contribution is 7.89. The molecule has 7 nitrogen and oxygen atoms in total. The number of nitrogens with zero attached hydrogens (tertiary/aromatic N) is 2. The molecule has 1 amide bonds. The summed E-state index contributed by atoms with van der Waals surface area (Å²) in [6.45, 7) is 5.66.